The van der Waals surface area contributed by atoms with Crippen LogP contribution in [0.25, 0.3) is 0 Å². The molecule has 4 nitrogen and oxygen atoms in total. The summed E-state index contributed by atoms with van der Waals surface area (Å²) in [4.78, 5) is 0. The Labute approximate surface area is 172 Å². The summed E-state index contributed by atoms with van der Waals surface area (Å²) < 4.78 is 24.1. The van der Waals surface area contributed by atoms with Gasteiger partial charge < -0.3 is 18.8 Å². The molecule has 1 saturated heterocycles. The Morgan fingerprint density at radius 1 is 0.964 bits per heavy atom. The Kier molecular flexibility index (Phi) is 8.15. The van der Waals surface area contributed by atoms with E-state index in [9.17, 15) is 0 Å². The van der Waals surface area contributed by atoms with Gasteiger partial charge in [0.2, 0.25) is 0 Å². The molecule has 1 aromatic carbocycles. The van der Waals surface area contributed by atoms with Crippen LogP contribution in [0.15, 0.2) is 0 Å². The van der Waals surface area contributed by atoms with E-state index in [0.717, 1.165) is 12.8 Å². The van der Waals surface area contributed by atoms with Gasteiger partial charge in [-0.1, -0.05) is 13.8 Å². The Bertz CT molecular complexity index is 636. The van der Waals surface area contributed by atoms with Crippen LogP contribution in [0.1, 0.15) is 61.4 Å². The van der Waals surface area contributed by atoms with Gasteiger partial charge in [0.15, 0.2) is 0 Å². The second-order valence-electron chi connectivity index (χ2n) is 8.92. The van der Waals surface area contributed by atoms with E-state index in [0.29, 0.717) is 19.8 Å². The fraction of sp³-hybridized carbons (Fsp3) is 0.739. The van der Waals surface area contributed by atoms with E-state index >= 15 is 0 Å². The van der Waals surface area contributed by atoms with Gasteiger partial charge >= 0.3 is 7.12 Å². The molecule has 1 heterocycles. The van der Waals surface area contributed by atoms with E-state index in [1.807, 2.05) is 0 Å². The third-order valence-electron chi connectivity index (χ3n) is 6.66. The quantitative estimate of drug-likeness (QED) is 0.624. The van der Waals surface area contributed by atoms with Gasteiger partial charge in [-0.05, 0) is 87.7 Å². The Morgan fingerprint density at radius 3 is 1.93 bits per heavy atom. The topological polar surface area (TPSA) is 36.9 Å². The molecule has 0 radical (unpaired) electrons. The fourth-order valence-corrected chi connectivity index (χ4v) is 3.96. The van der Waals surface area contributed by atoms with Crippen molar-refractivity contribution in [1.29, 1.82) is 0 Å². The molecule has 2 unspecified atom stereocenters. The molecule has 1 aromatic rings. The minimum Gasteiger partial charge on any atom is -0.407 e. The van der Waals surface area contributed by atoms with E-state index in [-0.39, 0.29) is 24.7 Å². The molecule has 0 spiro atoms. The molecule has 28 heavy (non-hydrogen) atoms. The molecular weight excluding hydrogens is 351 g/mol. The largest absolute Gasteiger partial charge is 0.494 e. The number of hydrogen-bond acceptors (Lipinski definition) is 4. The third kappa shape index (κ3) is 5.18. The summed E-state index contributed by atoms with van der Waals surface area (Å²) in [7, 11) is 1.47. The molecule has 1 aliphatic heterocycles. The van der Waals surface area contributed by atoms with Gasteiger partial charge in [-0.2, -0.15) is 0 Å². The van der Waals surface area contributed by atoms with Crippen molar-refractivity contribution >= 4 is 12.6 Å². The van der Waals surface area contributed by atoms with Crippen molar-refractivity contribution in [2.45, 2.75) is 80.4 Å². The van der Waals surface area contributed by atoms with Crippen molar-refractivity contribution in [1.82, 2.24) is 0 Å². The molecular formula is C23H39BO4. The van der Waals surface area contributed by atoms with Crippen molar-refractivity contribution in [3.8, 4) is 0 Å². The molecule has 2 atom stereocenters. The second-order valence-corrected chi connectivity index (χ2v) is 8.92. The van der Waals surface area contributed by atoms with Crippen molar-refractivity contribution in [3.63, 3.8) is 0 Å². The van der Waals surface area contributed by atoms with Gasteiger partial charge in [0, 0.05) is 25.7 Å². The highest BCUT2D eigenvalue weighted by Gasteiger charge is 2.40. The lowest BCUT2D eigenvalue weighted by atomic mass is 9.68. The summed E-state index contributed by atoms with van der Waals surface area (Å²) in [6, 6.07) is 0. The smallest absolute Gasteiger partial charge is 0.407 e. The number of methoxy groups -OCH3 is 1. The minimum absolute atomic E-state index is 0.0510. The SMILES string of the molecule is CCC(C)OCC(CC1(C)COB(c2c(C)c(C)c(C)c(C)c2C)OC1)OC. The highest BCUT2D eigenvalue weighted by atomic mass is 16.6. The van der Waals surface area contributed by atoms with Crippen LogP contribution in [0.5, 0.6) is 0 Å². The average molecular weight is 390 g/mol. The molecule has 0 saturated carbocycles. The molecule has 0 aliphatic carbocycles. The van der Waals surface area contributed by atoms with Crippen LogP contribution in [0.2, 0.25) is 0 Å². The van der Waals surface area contributed by atoms with Gasteiger partial charge in [-0.15, -0.1) is 0 Å². The first-order valence-corrected chi connectivity index (χ1v) is 10.6. The number of ether oxygens (including phenoxy) is 2. The fourth-order valence-electron chi connectivity index (χ4n) is 3.96. The molecule has 0 bridgehead atoms. The lowest BCUT2D eigenvalue weighted by Crippen LogP contribution is -2.51. The maximum Gasteiger partial charge on any atom is 0.494 e. The summed E-state index contributed by atoms with van der Waals surface area (Å²) >= 11 is 0. The predicted octanol–water partition coefficient (Wildman–Crippen LogP) is 4.20. The summed E-state index contributed by atoms with van der Waals surface area (Å²) in [5, 5.41) is 0. The van der Waals surface area contributed by atoms with Crippen LogP contribution in [-0.4, -0.2) is 46.3 Å². The van der Waals surface area contributed by atoms with E-state index in [2.05, 4.69) is 55.4 Å². The van der Waals surface area contributed by atoms with E-state index < -0.39 is 0 Å². The van der Waals surface area contributed by atoms with Gasteiger partial charge in [-0.3, -0.25) is 0 Å². The van der Waals surface area contributed by atoms with Gasteiger partial charge in [0.1, 0.15) is 0 Å². The number of rotatable bonds is 8. The molecule has 0 amide bonds. The Hall–Kier alpha value is -0.875. The van der Waals surface area contributed by atoms with Crippen molar-refractivity contribution in [3.05, 3.63) is 27.8 Å². The van der Waals surface area contributed by atoms with Crippen LogP contribution >= 0.6 is 0 Å². The van der Waals surface area contributed by atoms with E-state index in [1.165, 1.54) is 33.3 Å². The van der Waals surface area contributed by atoms with Gasteiger partial charge in [0.25, 0.3) is 0 Å². The first kappa shape index (κ1) is 23.4. The third-order valence-corrected chi connectivity index (χ3v) is 6.66. The Balaban J connectivity index is 2.06. The maximum absolute atomic E-state index is 6.26. The monoisotopic (exact) mass is 390 g/mol. The zero-order valence-electron chi connectivity index (χ0n) is 19.4. The van der Waals surface area contributed by atoms with Crippen LogP contribution < -0.4 is 5.46 Å². The highest BCUT2D eigenvalue weighted by molar-refractivity contribution is 6.62. The first-order chi connectivity index (χ1) is 13.1. The minimum atomic E-state index is -0.288. The summed E-state index contributed by atoms with van der Waals surface area (Å²) in [5.74, 6) is 0. The van der Waals surface area contributed by atoms with Crippen molar-refractivity contribution in [2.24, 2.45) is 5.41 Å². The van der Waals surface area contributed by atoms with E-state index in [1.54, 1.807) is 7.11 Å². The van der Waals surface area contributed by atoms with E-state index in [4.69, 9.17) is 18.8 Å². The molecule has 0 N–H and O–H groups in total. The van der Waals surface area contributed by atoms with Gasteiger partial charge in [-0.25, -0.2) is 0 Å². The average Bonchev–Trinajstić information content (AvgIpc) is 2.69. The second kappa shape index (κ2) is 9.75. The first-order valence-electron chi connectivity index (χ1n) is 10.6. The molecule has 5 heteroatoms. The predicted molar refractivity (Wildman–Crippen MR) is 117 cm³/mol. The lowest BCUT2D eigenvalue weighted by Gasteiger charge is -2.39. The maximum atomic E-state index is 6.26. The summed E-state index contributed by atoms with van der Waals surface area (Å²) in [6.07, 6.45) is 2.18. The van der Waals surface area contributed by atoms with Crippen molar-refractivity contribution < 1.29 is 18.8 Å². The van der Waals surface area contributed by atoms with Gasteiger partial charge in [0.05, 0.1) is 18.8 Å². The summed E-state index contributed by atoms with van der Waals surface area (Å²) in [5.41, 5.74) is 7.72. The number of hydrogen-bond donors (Lipinski definition) is 0. The van der Waals surface area contributed by atoms with Crippen LogP contribution in [0.3, 0.4) is 0 Å². The zero-order chi connectivity index (χ0) is 21.1. The normalized spacial score (nSPS) is 19.0. The highest BCUT2D eigenvalue weighted by Crippen LogP contribution is 2.30. The summed E-state index contributed by atoms with van der Waals surface area (Å²) in [6.45, 7) is 19.3. The lowest BCUT2D eigenvalue weighted by molar-refractivity contribution is -0.0646. The standard InChI is InChI=1S/C23H39BO4/c1-10-15(2)26-12-21(25-9)11-23(8)13-27-24(28-14-23)22-19(6)17(4)16(3)18(5)20(22)7/h15,21H,10-14H2,1-9H3. The van der Waals surface area contributed by atoms with Crippen LogP contribution in [0, 0.1) is 40.0 Å². The zero-order valence-corrected chi connectivity index (χ0v) is 19.4. The van der Waals surface area contributed by atoms with Crippen LogP contribution in [-0.2, 0) is 18.8 Å². The molecule has 1 fully saturated rings. The molecule has 0 aromatic heterocycles. The van der Waals surface area contributed by atoms with Crippen LogP contribution in [0.4, 0.5) is 0 Å². The molecule has 1 aliphatic rings. The molecule has 2 rings (SSSR count). The molecule has 158 valence electrons. The number of benzene rings is 1. The Morgan fingerprint density at radius 2 is 1.46 bits per heavy atom. The van der Waals surface area contributed by atoms with Crippen molar-refractivity contribution in [2.75, 3.05) is 26.9 Å².